The first-order valence-corrected chi connectivity index (χ1v) is 7.55. The van der Waals surface area contributed by atoms with Crippen LogP contribution in [0.25, 0.3) is 0 Å². The van der Waals surface area contributed by atoms with Crippen molar-refractivity contribution < 1.29 is 9.53 Å². The molecule has 0 aliphatic carbocycles. The summed E-state index contributed by atoms with van der Waals surface area (Å²) in [5, 5.41) is 7.84. The number of ether oxygens (including phenoxy) is 1. The standard InChI is InChI=1S/C16H20N4O2/c1-12(2)22-15-5-3-13(4-6-15)16(21)19-9-7-14(11-19)20-10-8-17-18-20/h3-6,8,10,12,14H,7,9,11H2,1-2H3. The van der Waals surface area contributed by atoms with Crippen molar-refractivity contribution in [2.45, 2.75) is 32.4 Å². The Labute approximate surface area is 129 Å². The number of carbonyl (C=O) groups excluding carboxylic acids is 1. The molecule has 1 aliphatic rings. The number of hydrogen-bond donors (Lipinski definition) is 0. The molecular weight excluding hydrogens is 280 g/mol. The maximum Gasteiger partial charge on any atom is 0.253 e. The van der Waals surface area contributed by atoms with E-state index >= 15 is 0 Å². The Morgan fingerprint density at radius 2 is 2.09 bits per heavy atom. The van der Waals surface area contributed by atoms with Crippen molar-refractivity contribution in [3.8, 4) is 5.75 Å². The fraction of sp³-hybridized carbons (Fsp3) is 0.438. The van der Waals surface area contributed by atoms with E-state index in [1.54, 1.807) is 6.20 Å². The smallest absolute Gasteiger partial charge is 0.253 e. The molecule has 6 heteroatoms. The van der Waals surface area contributed by atoms with Gasteiger partial charge in [-0.2, -0.15) is 0 Å². The van der Waals surface area contributed by atoms with E-state index in [1.807, 2.05) is 53.9 Å². The van der Waals surface area contributed by atoms with Gasteiger partial charge in [0.25, 0.3) is 5.91 Å². The summed E-state index contributed by atoms with van der Waals surface area (Å²) in [6.07, 6.45) is 4.54. The van der Waals surface area contributed by atoms with E-state index in [4.69, 9.17) is 4.74 Å². The molecule has 1 amide bonds. The molecule has 22 heavy (non-hydrogen) atoms. The van der Waals surface area contributed by atoms with Crippen LogP contribution < -0.4 is 4.74 Å². The minimum atomic E-state index is 0.0544. The highest BCUT2D eigenvalue weighted by Gasteiger charge is 2.28. The molecule has 116 valence electrons. The second kappa shape index (κ2) is 6.17. The van der Waals surface area contributed by atoms with Crippen LogP contribution in [-0.2, 0) is 0 Å². The molecule has 0 radical (unpaired) electrons. The summed E-state index contributed by atoms with van der Waals surface area (Å²) in [5.41, 5.74) is 0.690. The lowest BCUT2D eigenvalue weighted by Crippen LogP contribution is -2.29. The fourth-order valence-corrected chi connectivity index (χ4v) is 2.69. The van der Waals surface area contributed by atoms with E-state index in [0.29, 0.717) is 12.1 Å². The molecule has 1 aliphatic heterocycles. The van der Waals surface area contributed by atoms with Crippen molar-refractivity contribution in [3.05, 3.63) is 42.2 Å². The Bertz CT molecular complexity index is 622. The summed E-state index contributed by atoms with van der Waals surface area (Å²) in [7, 11) is 0. The first-order valence-electron chi connectivity index (χ1n) is 7.55. The Hall–Kier alpha value is -2.37. The van der Waals surface area contributed by atoms with Crippen molar-refractivity contribution in [1.29, 1.82) is 0 Å². The van der Waals surface area contributed by atoms with Crippen molar-refractivity contribution in [1.82, 2.24) is 19.9 Å². The summed E-state index contributed by atoms with van der Waals surface area (Å²) in [4.78, 5) is 14.4. The first kappa shape index (κ1) is 14.6. The van der Waals surface area contributed by atoms with Crippen LogP contribution in [0.3, 0.4) is 0 Å². The van der Waals surface area contributed by atoms with E-state index in [0.717, 1.165) is 18.7 Å². The summed E-state index contributed by atoms with van der Waals surface area (Å²) in [6.45, 7) is 5.38. The van der Waals surface area contributed by atoms with Gasteiger partial charge in [0, 0.05) is 24.8 Å². The number of likely N-dealkylation sites (tertiary alicyclic amines) is 1. The first-order chi connectivity index (χ1) is 10.6. The molecule has 2 heterocycles. The number of carbonyl (C=O) groups is 1. The van der Waals surface area contributed by atoms with Crippen molar-refractivity contribution >= 4 is 5.91 Å². The fourth-order valence-electron chi connectivity index (χ4n) is 2.69. The second-order valence-corrected chi connectivity index (χ2v) is 5.77. The monoisotopic (exact) mass is 300 g/mol. The van der Waals surface area contributed by atoms with Crippen LogP contribution in [0.5, 0.6) is 5.75 Å². The summed E-state index contributed by atoms with van der Waals surface area (Å²) < 4.78 is 7.42. The third kappa shape index (κ3) is 3.10. The Morgan fingerprint density at radius 3 is 2.73 bits per heavy atom. The highest BCUT2D eigenvalue weighted by molar-refractivity contribution is 5.94. The van der Waals surface area contributed by atoms with Gasteiger partial charge in [-0.1, -0.05) is 5.21 Å². The van der Waals surface area contributed by atoms with Crippen molar-refractivity contribution in [2.24, 2.45) is 0 Å². The number of hydrogen-bond acceptors (Lipinski definition) is 4. The van der Waals surface area contributed by atoms with Gasteiger partial charge in [-0.3, -0.25) is 4.79 Å². The average Bonchev–Trinajstić information content (AvgIpc) is 3.18. The molecule has 3 rings (SSSR count). The highest BCUT2D eigenvalue weighted by Crippen LogP contribution is 2.23. The SMILES string of the molecule is CC(C)Oc1ccc(C(=O)N2CCC(n3ccnn3)C2)cc1. The highest BCUT2D eigenvalue weighted by atomic mass is 16.5. The molecule has 1 fully saturated rings. The lowest BCUT2D eigenvalue weighted by molar-refractivity contribution is 0.0787. The predicted molar refractivity (Wildman–Crippen MR) is 81.8 cm³/mol. The maximum absolute atomic E-state index is 12.5. The lowest BCUT2D eigenvalue weighted by atomic mass is 10.2. The molecule has 1 unspecified atom stereocenters. The quantitative estimate of drug-likeness (QED) is 0.868. The van der Waals surface area contributed by atoms with Gasteiger partial charge in [0.05, 0.1) is 18.3 Å². The minimum absolute atomic E-state index is 0.0544. The van der Waals surface area contributed by atoms with Gasteiger partial charge >= 0.3 is 0 Å². The second-order valence-electron chi connectivity index (χ2n) is 5.77. The third-order valence-electron chi connectivity index (χ3n) is 3.74. The largest absolute Gasteiger partial charge is 0.491 e. The number of rotatable bonds is 4. The number of aromatic nitrogens is 3. The van der Waals surface area contributed by atoms with E-state index in [9.17, 15) is 4.79 Å². The van der Waals surface area contributed by atoms with Gasteiger partial charge in [0.15, 0.2) is 0 Å². The number of benzene rings is 1. The van der Waals surface area contributed by atoms with E-state index < -0.39 is 0 Å². The van der Waals surface area contributed by atoms with Crippen molar-refractivity contribution in [2.75, 3.05) is 13.1 Å². The van der Waals surface area contributed by atoms with Crippen LogP contribution in [0.4, 0.5) is 0 Å². The normalized spacial score (nSPS) is 18.0. The van der Waals surface area contributed by atoms with Gasteiger partial charge in [-0.05, 0) is 44.5 Å². The zero-order chi connectivity index (χ0) is 15.5. The molecular formula is C16H20N4O2. The zero-order valence-electron chi connectivity index (χ0n) is 12.8. The molecule has 0 spiro atoms. The van der Waals surface area contributed by atoms with Gasteiger partial charge in [0.1, 0.15) is 5.75 Å². The Balaban J connectivity index is 1.64. The minimum Gasteiger partial charge on any atom is -0.491 e. The van der Waals surface area contributed by atoms with E-state index in [-0.39, 0.29) is 18.1 Å². The van der Waals surface area contributed by atoms with E-state index in [1.165, 1.54) is 0 Å². The van der Waals surface area contributed by atoms with Gasteiger partial charge in [-0.15, -0.1) is 5.10 Å². The Morgan fingerprint density at radius 1 is 1.32 bits per heavy atom. The van der Waals surface area contributed by atoms with Crippen LogP contribution in [0.15, 0.2) is 36.7 Å². The molecule has 0 N–H and O–H groups in total. The molecule has 0 saturated carbocycles. The summed E-state index contributed by atoms with van der Waals surface area (Å²) in [5.74, 6) is 0.840. The molecule has 1 aromatic heterocycles. The average molecular weight is 300 g/mol. The zero-order valence-corrected chi connectivity index (χ0v) is 12.8. The van der Waals surface area contributed by atoms with Gasteiger partial charge in [0.2, 0.25) is 0 Å². The molecule has 1 atom stereocenters. The van der Waals surface area contributed by atoms with Crippen LogP contribution in [0, 0.1) is 0 Å². The van der Waals surface area contributed by atoms with Crippen LogP contribution in [-0.4, -0.2) is 45.0 Å². The molecule has 2 aromatic rings. The number of nitrogens with zero attached hydrogens (tertiary/aromatic N) is 4. The Kier molecular flexibility index (Phi) is 4.09. The maximum atomic E-state index is 12.5. The van der Waals surface area contributed by atoms with Crippen LogP contribution in [0.2, 0.25) is 0 Å². The van der Waals surface area contributed by atoms with Gasteiger partial charge in [-0.25, -0.2) is 4.68 Å². The lowest BCUT2D eigenvalue weighted by Gasteiger charge is -2.17. The van der Waals surface area contributed by atoms with Crippen molar-refractivity contribution in [3.63, 3.8) is 0 Å². The molecule has 6 nitrogen and oxygen atoms in total. The van der Waals surface area contributed by atoms with E-state index in [2.05, 4.69) is 10.3 Å². The third-order valence-corrected chi connectivity index (χ3v) is 3.74. The predicted octanol–water partition coefficient (Wildman–Crippen LogP) is 2.15. The summed E-state index contributed by atoms with van der Waals surface area (Å²) in [6, 6.07) is 7.55. The van der Waals surface area contributed by atoms with Gasteiger partial charge < -0.3 is 9.64 Å². The topological polar surface area (TPSA) is 60.2 Å². The molecule has 1 aromatic carbocycles. The molecule has 0 bridgehead atoms. The summed E-state index contributed by atoms with van der Waals surface area (Å²) >= 11 is 0. The molecule has 1 saturated heterocycles. The van der Waals surface area contributed by atoms with Crippen LogP contribution >= 0.6 is 0 Å². The van der Waals surface area contributed by atoms with Crippen LogP contribution in [0.1, 0.15) is 36.7 Å². The number of amides is 1.